The predicted molar refractivity (Wildman–Crippen MR) is 74.0 cm³/mol. The molecule has 2 aromatic carbocycles. The number of halogens is 1. The Morgan fingerprint density at radius 3 is 2.73 bits per heavy atom. The highest BCUT2D eigenvalue weighted by atomic mass is 127. The van der Waals surface area contributed by atoms with Crippen molar-refractivity contribution in [2.45, 2.75) is 12.8 Å². The molecule has 0 nitrogen and oxygen atoms in total. The summed E-state index contributed by atoms with van der Waals surface area (Å²) in [6.07, 6.45) is 6.89. The summed E-state index contributed by atoms with van der Waals surface area (Å²) in [6.45, 7) is 0. The molecule has 0 N–H and O–H groups in total. The van der Waals surface area contributed by atoms with E-state index in [0.29, 0.717) is 0 Å². The van der Waals surface area contributed by atoms with Crippen LogP contribution in [0.15, 0.2) is 36.4 Å². The Hall–Kier alpha value is -0.830. The molecule has 0 amide bonds. The van der Waals surface area contributed by atoms with E-state index in [0.717, 1.165) is 0 Å². The van der Waals surface area contributed by atoms with Crippen molar-refractivity contribution in [2.75, 3.05) is 0 Å². The maximum absolute atomic E-state index is 2.43. The molecular formula is C14H11I. The number of fused-ring (bicyclic) bond motifs is 3. The fourth-order valence-electron chi connectivity index (χ4n) is 2.28. The van der Waals surface area contributed by atoms with Crippen molar-refractivity contribution in [2.24, 2.45) is 0 Å². The molecule has 0 fully saturated rings. The number of allylic oxidation sites excluding steroid dienone is 1. The van der Waals surface area contributed by atoms with Crippen LogP contribution in [0, 0.1) is 3.57 Å². The lowest BCUT2D eigenvalue weighted by molar-refractivity contribution is 0.997. The van der Waals surface area contributed by atoms with Gasteiger partial charge in [-0.1, -0.05) is 36.4 Å². The van der Waals surface area contributed by atoms with Gasteiger partial charge >= 0.3 is 0 Å². The van der Waals surface area contributed by atoms with Gasteiger partial charge in [-0.25, -0.2) is 0 Å². The van der Waals surface area contributed by atoms with Crippen molar-refractivity contribution in [3.8, 4) is 0 Å². The van der Waals surface area contributed by atoms with Crippen molar-refractivity contribution in [3.05, 3.63) is 51.1 Å². The van der Waals surface area contributed by atoms with Crippen LogP contribution in [0.1, 0.15) is 17.5 Å². The molecule has 1 aliphatic carbocycles. The number of rotatable bonds is 0. The minimum atomic E-state index is 1.18. The van der Waals surface area contributed by atoms with Crippen LogP contribution in [0.4, 0.5) is 0 Å². The quantitative estimate of drug-likeness (QED) is 0.633. The van der Waals surface area contributed by atoms with Crippen molar-refractivity contribution >= 4 is 39.4 Å². The van der Waals surface area contributed by atoms with Crippen LogP contribution in [-0.2, 0) is 6.42 Å². The van der Waals surface area contributed by atoms with Gasteiger partial charge in [-0.2, -0.15) is 0 Å². The molecule has 0 spiro atoms. The van der Waals surface area contributed by atoms with Crippen LogP contribution in [-0.4, -0.2) is 0 Å². The maximum Gasteiger partial charge on any atom is 0.0214 e. The molecule has 74 valence electrons. The number of aryl methyl sites for hydroxylation is 1. The smallest absolute Gasteiger partial charge is 0.0214 e. The monoisotopic (exact) mass is 306 g/mol. The van der Waals surface area contributed by atoms with Gasteiger partial charge in [0, 0.05) is 3.57 Å². The zero-order valence-electron chi connectivity index (χ0n) is 8.33. The van der Waals surface area contributed by atoms with E-state index in [1.54, 1.807) is 0 Å². The first-order valence-corrected chi connectivity index (χ1v) is 6.31. The van der Waals surface area contributed by atoms with E-state index < -0.39 is 0 Å². The second-order valence-corrected chi connectivity index (χ2v) is 5.07. The molecule has 0 heterocycles. The summed E-state index contributed by atoms with van der Waals surface area (Å²) in [5, 5.41) is 2.83. The van der Waals surface area contributed by atoms with E-state index >= 15 is 0 Å². The Balaban J connectivity index is 2.45. The summed E-state index contributed by atoms with van der Waals surface area (Å²) in [6, 6.07) is 11.0. The minimum absolute atomic E-state index is 1.18. The molecule has 0 atom stereocenters. The SMILES string of the molecule is Ic1cc2c(c3ccccc13)CCC=C2. The summed E-state index contributed by atoms with van der Waals surface area (Å²) < 4.78 is 1.36. The first-order valence-electron chi connectivity index (χ1n) is 5.23. The average Bonchev–Trinajstić information content (AvgIpc) is 2.30. The highest BCUT2D eigenvalue weighted by Crippen LogP contribution is 2.31. The Morgan fingerprint density at radius 1 is 1.07 bits per heavy atom. The third kappa shape index (κ3) is 1.49. The van der Waals surface area contributed by atoms with E-state index in [1.165, 1.54) is 38.3 Å². The van der Waals surface area contributed by atoms with Gasteiger partial charge in [0.25, 0.3) is 0 Å². The Bertz CT molecular complexity index is 553. The summed E-state index contributed by atoms with van der Waals surface area (Å²) >= 11 is 2.43. The first kappa shape index (κ1) is 9.40. The summed E-state index contributed by atoms with van der Waals surface area (Å²) in [7, 11) is 0. The number of hydrogen-bond acceptors (Lipinski definition) is 0. The molecule has 0 saturated heterocycles. The van der Waals surface area contributed by atoms with Gasteiger partial charge in [0.05, 0.1) is 0 Å². The van der Waals surface area contributed by atoms with Crippen molar-refractivity contribution in [1.82, 2.24) is 0 Å². The standard InChI is InChI=1S/C14H11I/c15-14-9-10-5-1-2-6-11(10)12-7-3-4-8-13(12)14/h1,3-5,7-9H,2,6H2. The highest BCUT2D eigenvalue weighted by Gasteiger charge is 2.10. The van der Waals surface area contributed by atoms with Crippen LogP contribution in [0.2, 0.25) is 0 Å². The van der Waals surface area contributed by atoms with Crippen LogP contribution in [0.5, 0.6) is 0 Å². The zero-order valence-corrected chi connectivity index (χ0v) is 10.5. The molecule has 3 rings (SSSR count). The third-order valence-electron chi connectivity index (χ3n) is 3.00. The lowest BCUT2D eigenvalue weighted by atomic mass is 9.92. The number of benzene rings is 2. The van der Waals surface area contributed by atoms with Gasteiger partial charge in [0.2, 0.25) is 0 Å². The van der Waals surface area contributed by atoms with E-state index in [9.17, 15) is 0 Å². The third-order valence-corrected chi connectivity index (χ3v) is 3.89. The van der Waals surface area contributed by atoms with Crippen molar-refractivity contribution in [3.63, 3.8) is 0 Å². The Kier molecular flexibility index (Phi) is 2.28. The lowest BCUT2D eigenvalue weighted by Crippen LogP contribution is -1.96. The fraction of sp³-hybridized carbons (Fsp3) is 0.143. The molecule has 0 aliphatic heterocycles. The molecule has 0 unspecified atom stereocenters. The van der Waals surface area contributed by atoms with E-state index in [2.05, 4.69) is 65.1 Å². The molecule has 0 aromatic heterocycles. The van der Waals surface area contributed by atoms with Gasteiger partial charge in [-0.15, -0.1) is 0 Å². The average molecular weight is 306 g/mol. The Labute approximate surface area is 103 Å². The van der Waals surface area contributed by atoms with Gasteiger partial charge < -0.3 is 0 Å². The number of hydrogen-bond donors (Lipinski definition) is 0. The minimum Gasteiger partial charge on any atom is -0.0836 e. The van der Waals surface area contributed by atoms with Crippen molar-refractivity contribution in [1.29, 1.82) is 0 Å². The molecule has 0 bridgehead atoms. The van der Waals surface area contributed by atoms with Crippen LogP contribution in [0.25, 0.3) is 16.8 Å². The topological polar surface area (TPSA) is 0 Å². The largest absolute Gasteiger partial charge is 0.0836 e. The summed E-state index contributed by atoms with van der Waals surface area (Å²) in [4.78, 5) is 0. The normalized spacial score (nSPS) is 14.2. The molecular weight excluding hydrogens is 295 g/mol. The zero-order chi connectivity index (χ0) is 10.3. The predicted octanol–water partition coefficient (Wildman–Crippen LogP) is 4.40. The fourth-order valence-corrected chi connectivity index (χ4v) is 3.08. The second kappa shape index (κ2) is 3.63. The molecule has 1 heteroatoms. The van der Waals surface area contributed by atoms with Crippen LogP contribution < -0.4 is 0 Å². The Morgan fingerprint density at radius 2 is 1.87 bits per heavy atom. The first-order chi connectivity index (χ1) is 7.36. The lowest BCUT2D eigenvalue weighted by Gasteiger charge is -2.14. The van der Waals surface area contributed by atoms with Crippen LogP contribution >= 0.6 is 22.6 Å². The van der Waals surface area contributed by atoms with E-state index in [4.69, 9.17) is 0 Å². The van der Waals surface area contributed by atoms with E-state index in [1.807, 2.05) is 0 Å². The van der Waals surface area contributed by atoms with Gasteiger partial charge in [0.15, 0.2) is 0 Å². The van der Waals surface area contributed by atoms with Crippen molar-refractivity contribution < 1.29 is 0 Å². The summed E-state index contributed by atoms with van der Waals surface area (Å²) in [5.74, 6) is 0. The second-order valence-electron chi connectivity index (χ2n) is 3.91. The maximum atomic E-state index is 2.43. The summed E-state index contributed by atoms with van der Waals surface area (Å²) in [5.41, 5.74) is 2.93. The molecule has 0 saturated carbocycles. The van der Waals surface area contributed by atoms with Gasteiger partial charge in [-0.05, 0) is 63.4 Å². The van der Waals surface area contributed by atoms with Gasteiger partial charge in [0.1, 0.15) is 0 Å². The molecule has 2 aromatic rings. The molecule has 0 radical (unpaired) electrons. The van der Waals surface area contributed by atoms with E-state index in [-0.39, 0.29) is 0 Å². The highest BCUT2D eigenvalue weighted by molar-refractivity contribution is 14.1. The van der Waals surface area contributed by atoms with Crippen LogP contribution in [0.3, 0.4) is 0 Å². The molecule has 15 heavy (non-hydrogen) atoms. The van der Waals surface area contributed by atoms with Gasteiger partial charge in [-0.3, -0.25) is 0 Å². The molecule has 1 aliphatic rings.